The lowest BCUT2D eigenvalue weighted by molar-refractivity contribution is 0.0563. The van der Waals surface area contributed by atoms with Crippen molar-refractivity contribution in [2.45, 2.75) is 44.6 Å². The molecule has 3 heteroatoms. The second-order valence-corrected chi connectivity index (χ2v) is 6.60. The summed E-state index contributed by atoms with van der Waals surface area (Å²) in [5, 5.41) is 0. The van der Waals surface area contributed by atoms with Gasteiger partial charge in [-0.05, 0) is 49.7 Å². The van der Waals surface area contributed by atoms with Gasteiger partial charge in [0.25, 0.3) is 0 Å². The van der Waals surface area contributed by atoms with Crippen LogP contribution in [-0.2, 0) is 0 Å². The van der Waals surface area contributed by atoms with Crippen LogP contribution in [0.3, 0.4) is 0 Å². The second-order valence-electron chi connectivity index (χ2n) is 5.38. The Morgan fingerprint density at radius 1 is 1.31 bits per heavy atom. The van der Waals surface area contributed by atoms with Gasteiger partial charge >= 0.3 is 0 Å². The average Bonchev–Trinajstić information content (AvgIpc) is 2.29. The first-order valence-electron chi connectivity index (χ1n) is 6.83. The van der Waals surface area contributed by atoms with Gasteiger partial charge in [-0.1, -0.05) is 13.3 Å². The van der Waals surface area contributed by atoms with E-state index in [2.05, 4.69) is 23.6 Å². The van der Waals surface area contributed by atoms with E-state index in [1.807, 2.05) is 0 Å². The maximum absolute atomic E-state index is 6.10. The molecule has 0 aromatic rings. The Labute approximate surface area is 104 Å². The van der Waals surface area contributed by atoms with Crippen LogP contribution in [0.4, 0.5) is 0 Å². The maximum Gasteiger partial charge on any atom is 0.0347 e. The lowest BCUT2D eigenvalue weighted by atomic mass is 9.82. The number of hydrogen-bond acceptors (Lipinski definition) is 3. The van der Waals surface area contributed by atoms with Gasteiger partial charge in [0.2, 0.25) is 0 Å². The first-order chi connectivity index (χ1) is 7.80. The Hall–Kier alpha value is 0.270. The fourth-order valence-electron chi connectivity index (χ4n) is 3.05. The summed E-state index contributed by atoms with van der Waals surface area (Å²) in [6, 6.07) is 0. The van der Waals surface area contributed by atoms with Gasteiger partial charge in [-0.2, -0.15) is 11.8 Å². The molecular weight excluding hydrogens is 216 g/mol. The largest absolute Gasteiger partial charge is 0.329 e. The Balaban J connectivity index is 1.97. The third-order valence-corrected chi connectivity index (χ3v) is 5.54. The molecule has 2 rings (SSSR count). The van der Waals surface area contributed by atoms with Gasteiger partial charge in [0.05, 0.1) is 0 Å². The van der Waals surface area contributed by atoms with E-state index in [9.17, 15) is 0 Å². The van der Waals surface area contributed by atoms with Gasteiger partial charge in [-0.3, -0.25) is 4.90 Å². The highest BCUT2D eigenvalue weighted by molar-refractivity contribution is 7.99. The first kappa shape index (κ1) is 12.7. The van der Waals surface area contributed by atoms with Crippen molar-refractivity contribution in [1.82, 2.24) is 4.90 Å². The Kier molecular flexibility index (Phi) is 4.57. The zero-order valence-electron chi connectivity index (χ0n) is 10.6. The van der Waals surface area contributed by atoms with E-state index in [1.54, 1.807) is 0 Å². The second kappa shape index (κ2) is 5.74. The third-order valence-electron chi connectivity index (χ3n) is 4.56. The van der Waals surface area contributed by atoms with E-state index >= 15 is 0 Å². The first-order valence-corrected chi connectivity index (χ1v) is 7.99. The number of hydrogen-bond donors (Lipinski definition) is 1. The lowest BCUT2D eigenvalue weighted by Gasteiger charge is -2.47. The van der Waals surface area contributed by atoms with Crippen molar-refractivity contribution in [1.29, 1.82) is 0 Å². The van der Waals surface area contributed by atoms with Crippen LogP contribution in [-0.4, -0.2) is 41.6 Å². The van der Waals surface area contributed by atoms with Crippen molar-refractivity contribution in [3.63, 3.8) is 0 Å². The average molecular weight is 242 g/mol. The molecule has 1 saturated heterocycles. The fourth-order valence-corrected chi connectivity index (χ4v) is 4.30. The molecule has 1 heterocycles. The highest BCUT2D eigenvalue weighted by Crippen LogP contribution is 2.35. The van der Waals surface area contributed by atoms with Crippen molar-refractivity contribution in [2.24, 2.45) is 11.7 Å². The molecule has 1 aliphatic heterocycles. The van der Waals surface area contributed by atoms with Crippen LogP contribution < -0.4 is 5.73 Å². The molecule has 0 amide bonds. The SMILES string of the molecule is CCN(CC1CCC1)C1(CN)CCSCC1. The summed E-state index contributed by atoms with van der Waals surface area (Å²) in [5.41, 5.74) is 6.44. The van der Waals surface area contributed by atoms with E-state index in [1.165, 1.54) is 56.7 Å². The zero-order chi connectivity index (χ0) is 11.4. The predicted molar refractivity (Wildman–Crippen MR) is 72.9 cm³/mol. The van der Waals surface area contributed by atoms with Gasteiger partial charge in [-0.25, -0.2) is 0 Å². The summed E-state index contributed by atoms with van der Waals surface area (Å²) in [5.74, 6) is 3.58. The zero-order valence-corrected chi connectivity index (χ0v) is 11.4. The van der Waals surface area contributed by atoms with Crippen LogP contribution in [0, 0.1) is 5.92 Å². The number of nitrogens with two attached hydrogens (primary N) is 1. The molecule has 94 valence electrons. The summed E-state index contributed by atoms with van der Waals surface area (Å²) < 4.78 is 0. The van der Waals surface area contributed by atoms with Crippen molar-refractivity contribution in [2.75, 3.05) is 31.1 Å². The minimum absolute atomic E-state index is 0.343. The topological polar surface area (TPSA) is 29.3 Å². The smallest absolute Gasteiger partial charge is 0.0347 e. The van der Waals surface area contributed by atoms with Crippen LogP contribution in [0.5, 0.6) is 0 Å². The molecule has 0 atom stereocenters. The summed E-state index contributed by atoms with van der Waals surface area (Å²) in [7, 11) is 0. The van der Waals surface area contributed by atoms with Gasteiger partial charge < -0.3 is 5.73 Å². The van der Waals surface area contributed by atoms with Crippen LogP contribution in [0.25, 0.3) is 0 Å². The molecule has 0 spiro atoms. The van der Waals surface area contributed by atoms with Gasteiger partial charge in [0.1, 0.15) is 0 Å². The summed E-state index contributed by atoms with van der Waals surface area (Å²) in [4.78, 5) is 2.70. The quantitative estimate of drug-likeness (QED) is 0.802. The number of thioether (sulfide) groups is 1. The van der Waals surface area contributed by atoms with E-state index < -0.39 is 0 Å². The highest BCUT2D eigenvalue weighted by atomic mass is 32.2. The van der Waals surface area contributed by atoms with Gasteiger partial charge in [0.15, 0.2) is 0 Å². The summed E-state index contributed by atoms with van der Waals surface area (Å²) >= 11 is 2.10. The van der Waals surface area contributed by atoms with Crippen molar-refractivity contribution in [3.8, 4) is 0 Å². The van der Waals surface area contributed by atoms with Gasteiger partial charge in [0, 0.05) is 18.6 Å². The molecule has 0 bridgehead atoms. The van der Waals surface area contributed by atoms with Crippen LogP contribution in [0.2, 0.25) is 0 Å². The minimum Gasteiger partial charge on any atom is -0.329 e. The predicted octanol–water partition coefficient (Wildman–Crippen LogP) is 2.33. The molecule has 0 unspecified atom stereocenters. The van der Waals surface area contributed by atoms with E-state index in [4.69, 9.17) is 5.73 Å². The third kappa shape index (κ3) is 2.57. The minimum atomic E-state index is 0.343. The molecule has 2 fully saturated rings. The standard InChI is InChI=1S/C13H26N2S/c1-2-15(10-12-4-3-5-12)13(11-14)6-8-16-9-7-13/h12H,2-11,14H2,1H3. The number of rotatable bonds is 5. The summed E-state index contributed by atoms with van der Waals surface area (Å²) in [6.07, 6.45) is 6.95. The molecular formula is C13H26N2S. The molecule has 2 N–H and O–H groups in total. The van der Waals surface area contributed by atoms with Crippen molar-refractivity contribution < 1.29 is 0 Å². The number of nitrogens with zero attached hydrogens (tertiary/aromatic N) is 1. The van der Waals surface area contributed by atoms with E-state index in [0.29, 0.717) is 5.54 Å². The van der Waals surface area contributed by atoms with Crippen LogP contribution >= 0.6 is 11.8 Å². The van der Waals surface area contributed by atoms with E-state index in [-0.39, 0.29) is 0 Å². The Bertz CT molecular complexity index is 210. The van der Waals surface area contributed by atoms with Crippen LogP contribution in [0.1, 0.15) is 39.0 Å². The van der Waals surface area contributed by atoms with Crippen molar-refractivity contribution >= 4 is 11.8 Å². The van der Waals surface area contributed by atoms with E-state index in [0.717, 1.165) is 12.5 Å². The molecule has 1 saturated carbocycles. The number of likely N-dealkylation sites (N-methyl/N-ethyl adjacent to an activating group) is 1. The molecule has 2 nitrogen and oxygen atoms in total. The summed E-state index contributed by atoms with van der Waals surface area (Å²) in [6.45, 7) is 5.64. The molecule has 0 aromatic heterocycles. The lowest BCUT2D eigenvalue weighted by Crippen LogP contribution is -2.57. The molecule has 1 aliphatic carbocycles. The molecule has 0 aromatic carbocycles. The molecule has 0 radical (unpaired) electrons. The van der Waals surface area contributed by atoms with Crippen molar-refractivity contribution in [3.05, 3.63) is 0 Å². The van der Waals surface area contributed by atoms with Gasteiger partial charge in [-0.15, -0.1) is 0 Å². The monoisotopic (exact) mass is 242 g/mol. The maximum atomic E-state index is 6.10. The van der Waals surface area contributed by atoms with Crippen LogP contribution in [0.15, 0.2) is 0 Å². The Morgan fingerprint density at radius 3 is 2.44 bits per heavy atom. The molecule has 2 aliphatic rings. The molecule has 16 heavy (non-hydrogen) atoms. The fraction of sp³-hybridized carbons (Fsp3) is 1.00. The highest BCUT2D eigenvalue weighted by Gasteiger charge is 2.37. The normalized spacial score (nSPS) is 25.7. The Morgan fingerprint density at radius 2 is 2.00 bits per heavy atom.